The van der Waals surface area contributed by atoms with Crippen molar-refractivity contribution in [3.63, 3.8) is 0 Å². The molecule has 5 heteroatoms. The largest absolute Gasteiger partial charge is 0.496 e. The molecule has 0 spiro atoms. The number of hydrogen-bond acceptors (Lipinski definition) is 3. The first-order valence-corrected chi connectivity index (χ1v) is 10.8. The highest BCUT2D eigenvalue weighted by atomic mass is 16.5. The number of methoxy groups -OCH3 is 1. The van der Waals surface area contributed by atoms with Gasteiger partial charge in [-0.2, -0.15) is 0 Å². The minimum Gasteiger partial charge on any atom is -0.496 e. The van der Waals surface area contributed by atoms with E-state index >= 15 is 0 Å². The highest BCUT2D eigenvalue weighted by Crippen LogP contribution is 2.39. The van der Waals surface area contributed by atoms with Crippen molar-refractivity contribution in [3.05, 3.63) is 102 Å². The van der Waals surface area contributed by atoms with Crippen molar-refractivity contribution in [2.45, 2.75) is 12.5 Å². The molecule has 32 heavy (non-hydrogen) atoms. The van der Waals surface area contributed by atoms with Crippen LogP contribution in [0.25, 0.3) is 0 Å². The first-order chi connectivity index (χ1) is 15.6. The van der Waals surface area contributed by atoms with Gasteiger partial charge in [-0.1, -0.05) is 66.7 Å². The average molecular weight is 429 g/mol. The van der Waals surface area contributed by atoms with E-state index in [-0.39, 0.29) is 23.7 Å². The predicted molar refractivity (Wildman–Crippen MR) is 124 cm³/mol. The van der Waals surface area contributed by atoms with Crippen LogP contribution in [0.1, 0.15) is 27.4 Å². The Morgan fingerprint density at radius 2 is 1.53 bits per heavy atom. The number of benzene rings is 3. The summed E-state index contributed by atoms with van der Waals surface area (Å²) in [4.78, 5) is 30.3. The monoisotopic (exact) mass is 428 g/mol. The van der Waals surface area contributed by atoms with E-state index in [4.69, 9.17) is 4.74 Å². The summed E-state index contributed by atoms with van der Waals surface area (Å²) in [7, 11) is 3.47. The summed E-state index contributed by atoms with van der Waals surface area (Å²) >= 11 is 0. The van der Waals surface area contributed by atoms with Crippen molar-refractivity contribution >= 4 is 11.8 Å². The lowest BCUT2D eigenvalue weighted by molar-refractivity contribution is -0.134. The number of amides is 2. The van der Waals surface area contributed by atoms with Crippen LogP contribution < -0.4 is 4.74 Å². The Morgan fingerprint density at radius 1 is 0.906 bits per heavy atom. The summed E-state index contributed by atoms with van der Waals surface area (Å²) in [5, 5.41) is 0. The van der Waals surface area contributed by atoms with Gasteiger partial charge in [0.25, 0.3) is 5.91 Å². The predicted octanol–water partition coefficient (Wildman–Crippen LogP) is 4.21. The van der Waals surface area contributed by atoms with Gasteiger partial charge in [0.1, 0.15) is 5.75 Å². The zero-order valence-corrected chi connectivity index (χ0v) is 18.5. The molecule has 1 heterocycles. The van der Waals surface area contributed by atoms with Crippen LogP contribution in [0.3, 0.4) is 0 Å². The second-order valence-electron chi connectivity index (χ2n) is 8.21. The van der Waals surface area contributed by atoms with Gasteiger partial charge in [0.2, 0.25) is 5.91 Å². The summed E-state index contributed by atoms with van der Waals surface area (Å²) in [6.45, 7) is 1.39. The van der Waals surface area contributed by atoms with Crippen LogP contribution in [-0.2, 0) is 11.3 Å². The van der Waals surface area contributed by atoms with Crippen LogP contribution in [0.2, 0.25) is 0 Å². The molecule has 0 aliphatic carbocycles. The van der Waals surface area contributed by atoms with Crippen LogP contribution in [0.15, 0.2) is 84.9 Å². The van der Waals surface area contributed by atoms with Gasteiger partial charge in [-0.05, 0) is 29.3 Å². The molecule has 2 atom stereocenters. The van der Waals surface area contributed by atoms with Gasteiger partial charge in [0.05, 0.1) is 13.0 Å². The molecule has 3 aromatic carbocycles. The van der Waals surface area contributed by atoms with Gasteiger partial charge in [0, 0.05) is 38.2 Å². The molecule has 3 aromatic rings. The van der Waals surface area contributed by atoms with Gasteiger partial charge >= 0.3 is 0 Å². The smallest absolute Gasteiger partial charge is 0.253 e. The number of carbonyl (C=O) groups is 2. The molecule has 0 aromatic heterocycles. The number of carbonyl (C=O) groups excluding carboxylic acids is 2. The third kappa shape index (κ3) is 4.52. The van der Waals surface area contributed by atoms with Crippen molar-refractivity contribution in [1.82, 2.24) is 9.80 Å². The summed E-state index contributed by atoms with van der Waals surface area (Å²) in [6.07, 6.45) is 0. The molecular formula is C27H28N2O3. The van der Waals surface area contributed by atoms with E-state index < -0.39 is 0 Å². The fraction of sp³-hybridized carbons (Fsp3) is 0.259. The number of nitrogens with zero attached hydrogens (tertiary/aromatic N) is 2. The number of hydrogen-bond donors (Lipinski definition) is 0. The SMILES string of the molecule is COc1ccccc1C1CN(C(=O)c2ccccc2)CC1C(=O)N(C)Cc1ccccc1. The van der Waals surface area contributed by atoms with Crippen LogP contribution in [0.5, 0.6) is 5.75 Å². The average Bonchev–Trinajstić information content (AvgIpc) is 3.29. The molecule has 1 fully saturated rings. The summed E-state index contributed by atoms with van der Waals surface area (Å²) in [5.74, 6) is 0.256. The Hall–Kier alpha value is -3.60. The van der Waals surface area contributed by atoms with Crippen LogP contribution in [0, 0.1) is 5.92 Å². The summed E-state index contributed by atoms with van der Waals surface area (Å²) in [5.41, 5.74) is 2.68. The van der Waals surface area contributed by atoms with E-state index in [9.17, 15) is 9.59 Å². The van der Waals surface area contributed by atoms with E-state index in [2.05, 4.69) is 0 Å². The number of rotatable bonds is 6. The number of likely N-dealkylation sites (tertiary alicyclic amines) is 1. The summed E-state index contributed by atoms with van der Waals surface area (Å²) < 4.78 is 5.59. The third-order valence-electron chi connectivity index (χ3n) is 6.12. The molecule has 2 amide bonds. The maximum atomic E-state index is 13.6. The molecule has 1 aliphatic heterocycles. The first kappa shape index (κ1) is 21.6. The molecule has 0 radical (unpaired) electrons. The standard InChI is InChI=1S/C27H28N2O3/c1-28(17-20-11-5-3-6-12-20)27(31)24-19-29(26(30)21-13-7-4-8-14-21)18-23(24)22-15-9-10-16-25(22)32-2/h3-16,23-24H,17-19H2,1-2H3. The molecular weight excluding hydrogens is 400 g/mol. The van der Waals surface area contributed by atoms with Gasteiger partial charge in [-0.15, -0.1) is 0 Å². The Balaban J connectivity index is 1.62. The molecule has 5 nitrogen and oxygen atoms in total. The molecule has 164 valence electrons. The zero-order valence-electron chi connectivity index (χ0n) is 18.5. The van der Waals surface area contributed by atoms with E-state index in [1.165, 1.54) is 0 Å². The van der Waals surface area contributed by atoms with Crippen molar-refractivity contribution < 1.29 is 14.3 Å². The Bertz CT molecular complexity index is 1070. The van der Waals surface area contributed by atoms with Crippen molar-refractivity contribution in [1.29, 1.82) is 0 Å². The van der Waals surface area contributed by atoms with Gasteiger partial charge in [-0.25, -0.2) is 0 Å². The normalized spacial score (nSPS) is 17.8. The molecule has 0 saturated carbocycles. The molecule has 1 saturated heterocycles. The van der Waals surface area contributed by atoms with Crippen molar-refractivity contribution in [3.8, 4) is 5.75 Å². The quantitative estimate of drug-likeness (QED) is 0.591. The van der Waals surface area contributed by atoms with E-state index in [1.807, 2.05) is 92.0 Å². The lowest BCUT2D eigenvalue weighted by Crippen LogP contribution is -2.36. The molecule has 2 unspecified atom stereocenters. The van der Waals surface area contributed by atoms with Gasteiger partial charge in [-0.3, -0.25) is 9.59 Å². The minimum absolute atomic E-state index is 0.0353. The summed E-state index contributed by atoms with van der Waals surface area (Å²) in [6, 6.07) is 27.0. The fourth-order valence-electron chi connectivity index (χ4n) is 4.49. The Kier molecular flexibility index (Phi) is 6.55. The highest BCUT2D eigenvalue weighted by molar-refractivity contribution is 5.95. The molecule has 1 aliphatic rings. The maximum Gasteiger partial charge on any atom is 0.253 e. The van der Waals surface area contributed by atoms with Crippen LogP contribution >= 0.6 is 0 Å². The second kappa shape index (κ2) is 9.69. The van der Waals surface area contributed by atoms with E-state index in [1.54, 1.807) is 16.9 Å². The Morgan fingerprint density at radius 3 is 2.22 bits per heavy atom. The topological polar surface area (TPSA) is 49.9 Å². The maximum absolute atomic E-state index is 13.6. The zero-order chi connectivity index (χ0) is 22.5. The Labute approximate surface area is 189 Å². The van der Waals surface area contributed by atoms with E-state index in [0.717, 1.165) is 16.9 Å². The van der Waals surface area contributed by atoms with Crippen molar-refractivity contribution in [2.24, 2.45) is 5.92 Å². The van der Waals surface area contributed by atoms with Crippen molar-refractivity contribution in [2.75, 3.05) is 27.2 Å². The third-order valence-corrected chi connectivity index (χ3v) is 6.12. The molecule has 0 bridgehead atoms. The second-order valence-corrected chi connectivity index (χ2v) is 8.21. The number of para-hydroxylation sites is 1. The number of ether oxygens (including phenoxy) is 1. The lowest BCUT2D eigenvalue weighted by Gasteiger charge is -2.25. The molecule has 4 rings (SSSR count). The lowest BCUT2D eigenvalue weighted by atomic mass is 9.87. The first-order valence-electron chi connectivity index (χ1n) is 10.8. The molecule has 0 N–H and O–H groups in total. The van der Waals surface area contributed by atoms with Crippen LogP contribution in [0.4, 0.5) is 0 Å². The van der Waals surface area contributed by atoms with E-state index in [0.29, 0.717) is 25.2 Å². The van der Waals surface area contributed by atoms with Gasteiger partial charge < -0.3 is 14.5 Å². The highest BCUT2D eigenvalue weighted by Gasteiger charge is 2.42. The van der Waals surface area contributed by atoms with Crippen LogP contribution in [-0.4, -0.2) is 48.9 Å². The van der Waals surface area contributed by atoms with Gasteiger partial charge in [0.15, 0.2) is 0 Å². The minimum atomic E-state index is -0.340. The fourth-order valence-corrected chi connectivity index (χ4v) is 4.49.